The van der Waals surface area contributed by atoms with Crippen molar-refractivity contribution in [2.24, 2.45) is 0 Å². The molecule has 4 aromatic carbocycles. The maximum atomic E-state index is 13.7. The highest BCUT2D eigenvalue weighted by molar-refractivity contribution is 8.00. The molecule has 0 aliphatic rings. The fourth-order valence-corrected chi connectivity index (χ4v) is 5.51. The van der Waals surface area contributed by atoms with E-state index in [4.69, 9.17) is 14.2 Å². The molecule has 0 aliphatic carbocycles. The molecule has 1 unspecified atom stereocenters. The van der Waals surface area contributed by atoms with Crippen LogP contribution in [-0.4, -0.2) is 49.8 Å². The Morgan fingerprint density at radius 3 is 2.19 bits per heavy atom. The Morgan fingerprint density at radius 1 is 0.771 bits per heavy atom. The van der Waals surface area contributed by atoms with Crippen LogP contribution in [0.15, 0.2) is 108 Å². The number of hydrogen-bond acceptors (Lipinski definition) is 8. The zero-order valence-electron chi connectivity index (χ0n) is 27.1. The van der Waals surface area contributed by atoms with Gasteiger partial charge >= 0.3 is 5.97 Å². The second-order valence-electron chi connectivity index (χ2n) is 10.3. The van der Waals surface area contributed by atoms with Crippen LogP contribution in [0.2, 0.25) is 0 Å². The number of nitrogens with one attached hydrogen (secondary N) is 3. The SMILES string of the molecule is CCOC(=O)c1ccc(NC(=O)C(CC)Sc2cccc(NC(=O)/C(=C\c3ccc(OC)cc3OC)NC(=O)c3ccccc3)c2)cc1. The Kier molecular flexibility index (Phi) is 12.8. The Hall–Kier alpha value is -5.55. The Balaban J connectivity index is 1.50. The van der Waals surface area contributed by atoms with Gasteiger partial charge in [-0.1, -0.05) is 31.2 Å². The van der Waals surface area contributed by atoms with E-state index in [1.807, 2.05) is 13.0 Å². The fraction of sp³-hybridized carbons (Fsp3) is 0.189. The lowest BCUT2D eigenvalue weighted by Crippen LogP contribution is -2.30. The minimum atomic E-state index is -0.560. The molecule has 0 heterocycles. The molecule has 1 atom stereocenters. The summed E-state index contributed by atoms with van der Waals surface area (Å²) >= 11 is 1.35. The number of thioether (sulfide) groups is 1. The zero-order chi connectivity index (χ0) is 34.5. The van der Waals surface area contributed by atoms with Crippen molar-refractivity contribution >= 4 is 52.9 Å². The minimum Gasteiger partial charge on any atom is -0.497 e. The van der Waals surface area contributed by atoms with Crippen molar-refractivity contribution in [1.82, 2.24) is 5.32 Å². The number of esters is 1. The first-order valence-electron chi connectivity index (χ1n) is 15.2. The molecule has 48 heavy (non-hydrogen) atoms. The highest BCUT2D eigenvalue weighted by atomic mass is 32.2. The topological polar surface area (TPSA) is 132 Å². The van der Waals surface area contributed by atoms with Gasteiger partial charge < -0.3 is 30.2 Å². The largest absolute Gasteiger partial charge is 0.497 e. The molecule has 4 aromatic rings. The molecule has 3 amide bonds. The first-order valence-corrected chi connectivity index (χ1v) is 16.1. The highest BCUT2D eigenvalue weighted by Crippen LogP contribution is 2.30. The lowest BCUT2D eigenvalue weighted by molar-refractivity contribution is -0.116. The molecule has 0 radical (unpaired) electrons. The van der Waals surface area contributed by atoms with Gasteiger partial charge in [-0.15, -0.1) is 11.8 Å². The van der Waals surface area contributed by atoms with Crippen LogP contribution >= 0.6 is 11.8 Å². The number of carbonyl (C=O) groups is 4. The summed E-state index contributed by atoms with van der Waals surface area (Å²) in [5.41, 5.74) is 2.35. The molecule has 11 heteroatoms. The molecule has 0 aromatic heterocycles. The summed E-state index contributed by atoms with van der Waals surface area (Å²) in [5.74, 6) is -0.625. The Bertz CT molecular complexity index is 1780. The number of carbonyl (C=O) groups excluding carboxylic acids is 4. The van der Waals surface area contributed by atoms with Gasteiger partial charge in [-0.05, 0) is 86.2 Å². The van der Waals surface area contributed by atoms with Crippen LogP contribution < -0.4 is 25.4 Å². The van der Waals surface area contributed by atoms with E-state index in [0.717, 1.165) is 4.90 Å². The van der Waals surface area contributed by atoms with E-state index in [-0.39, 0.29) is 18.2 Å². The quantitative estimate of drug-likeness (QED) is 0.0760. The van der Waals surface area contributed by atoms with E-state index >= 15 is 0 Å². The summed E-state index contributed by atoms with van der Waals surface area (Å²) in [4.78, 5) is 52.6. The summed E-state index contributed by atoms with van der Waals surface area (Å²) < 4.78 is 15.8. The molecular weight excluding hydrogens is 630 g/mol. The third-order valence-electron chi connectivity index (χ3n) is 6.97. The molecule has 0 spiro atoms. The van der Waals surface area contributed by atoms with E-state index in [1.54, 1.807) is 97.9 Å². The summed E-state index contributed by atoms with van der Waals surface area (Å²) in [7, 11) is 3.04. The predicted octanol–water partition coefficient (Wildman–Crippen LogP) is 6.80. The smallest absolute Gasteiger partial charge is 0.338 e. The zero-order valence-corrected chi connectivity index (χ0v) is 27.9. The summed E-state index contributed by atoms with van der Waals surface area (Å²) in [6, 6.07) is 27.3. The maximum absolute atomic E-state index is 13.7. The van der Waals surface area contributed by atoms with Crippen molar-refractivity contribution in [2.45, 2.75) is 30.4 Å². The van der Waals surface area contributed by atoms with E-state index in [2.05, 4.69) is 16.0 Å². The Labute approximate surface area is 283 Å². The van der Waals surface area contributed by atoms with Crippen LogP contribution in [0.3, 0.4) is 0 Å². The first kappa shape index (κ1) is 35.3. The number of amides is 3. The monoisotopic (exact) mass is 667 g/mol. The lowest BCUT2D eigenvalue weighted by atomic mass is 10.1. The number of ether oxygens (including phenoxy) is 3. The fourth-order valence-electron chi connectivity index (χ4n) is 4.49. The summed E-state index contributed by atoms with van der Waals surface area (Å²) in [6.45, 7) is 3.92. The second-order valence-corrected chi connectivity index (χ2v) is 11.5. The minimum absolute atomic E-state index is 0.00911. The van der Waals surface area contributed by atoms with Crippen LogP contribution in [0.1, 0.15) is 46.5 Å². The van der Waals surface area contributed by atoms with Crippen molar-refractivity contribution in [2.75, 3.05) is 31.5 Å². The molecular formula is C37H37N3O7S. The van der Waals surface area contributed by atoms with Gasteiger partial charge in [0.15, 0.2) is 0 Å². The van der Waals surface area contributed by atoms with Gasteiger partial charge in [0.05, 0.1) is 31.6 Å². The van der Waals surface area contributed by atoms with Crippen molar-refractivity contribution in [1.29, 1.82) is 0 Å². The number of methoxy groups -OCH3 is 2. The van der Waals surface area contributed by atoms with Gasteiger partial charge in [-0.25, -0.2) is 4.79 Å². The van der Waals surface area contributed by atoms with Gasteiger partial charge in [-0.2, -0.15) is 0 Å². The average molecular weight is 668 g/mol. The summed E-state index contributed by atoms with van der Waals surface area (Å²) in [5, 5.41) is 8.05. The number of anilines is 2. The van der Waals surface area contributed by atoms with E-state index in [0.29, 0.717) is 46.0 Å². The van der Waals surface area contributed by atoms with E-state index in [1.165, 1.54) is 32.1 Å². The first-order chi connectivity index (χ1) is 23.2. The number of hydrogen-bond donors (Lipinski definition) is 3. The van der Waals surface area contributed by atoms with Crippen molar-refractivity contribution in [3.05, 3.63) is 119 Å². The molecule has 0 saturated carbocycles. The van der Waals surface area contributed by atoms with Crippen molar-refractivity contribution in [3.8, 4) is 11.5 Å². The van der Waals surface area contributed by atoms with Crippen LogP contribution in [0.4, 0.5) is 11.4 Å². The van der Waals surface area contributed by atoms with Crippen molar-refractivity contribution < 1.29 is 33.4 Å². The average Bonchev–Trinajstić information content (AvgIpc) is 3.11. The predicted molar refractivity (Wildman–Crippen MR) is 187 cm³/mol. The van der Waals surface area contributed by atoms with E-state index in [9.17, 15) is 19.2 Å². The third-order valence-corrected chi connectivity index (χ3v) is 8.32. The molecule has 0 fully saturated rings. The maximum Gasteiger partial charge on any atom is 0.338 e. The van der Waals surface area contributed by atoms with Crippen LogP contribution in [0.5, 0.6) is 11.5 Å². The van der Waals surface area contributed by atoms with E-state index < -0.39 is 23.0 Å². The van der Waals surface area contributed by atoms with Crippen LogP contribution in [-0.2, 0) is 14.3 Å². The second kappa shape index (κ2) is 17.4. The molecule has 248 valence electrons. The molecule has 0 aliphatic heterocycles. The van der Waals surface area contributed by atoms with Gasteiger partial charge in [0.1, 0.15) is 17.2 Å². The third kappa shape index (κ3) is 9.73. The molecule has 0 bridgehead atoms. The van der Waals surface area contributed by atoms with Gasteiger partial charge in [0.2, 0.25) is 5.91 Å². The van der Waals surface area contributed by atoms with Crippen LogP contribution in [0.25, 0.3) is 6.08 Å². The normalized spacial score (nSPS) is 11.5. The van der Waals surface area contributed by atoms with Crippen molar-refractivity contribution in [3.63, 3.8) is 0 Å². The lowest BCUT2D eigenvalue weighted by Gasteiger charge is -2.16. The molecule has 10 nitrogen and oxygen atoms in total. The number of rotatable bonds is 14. The Morgan fingerprint density at radius 2 is 1.52 bits per heavy atom. The molecule has 3 N–H and O–H groups in total. The van der Waals surface area contributed by atoms with Gasteiger partial charge in [0.25, 0.3) is 11.8 Å². The standard InChI is InChI=1S/C37H37N3O7S/c1-5-33(36(43)38-27-18-15-25(16-19-27)37(44)47-6-2)48-30-14-10-13-28(22-30)39-35(42)31(40-34(41)24-11-8-7-9-12-24)21-26-17-20-29(45-3)23-32(26)46-4/h7-23,33H,5-6H2,1-4H3,(H,38,43)(H,39,42)(H,40,41)/b31-21+. The summed E-state index contributed by atoms with van der Waals surface area (Å²) in [6.07, 6.45) is 2.07. The molecule has 4 rings (SSSR count). The van der Waals surface area contributed by atoms with Gasteiger partial charge in [0, 0.05) is 33.5 Å². The highest BCUT2D eigenvalue weighted by Gasteiger charge is 2.20. The number of benzene rings is 4. The van der Waals surface area contributed by atoms with Crippen LogP contribution in [0, 0.1) is 0 Å². The van der Waals surface area contributed by atoms with Gasteiger partial charge in [-0.3, -0.25) is 14.4 Å². The molecule has 0 saturated heterocycles.